The Kier molecular flexibility index (Phi) is 7.91. The van der Waals surface area contributed by atoms with E-state index in [1.807, 2.05) is 6.07 Å². The average molecular weight is 349 g/mol. The SMILES string of the molecule is C=C(CCCO[Si](C)(C)C(C)(C)C)[C@@H](CO)[C@H](C)c1ccccc1. The second-order valence-corrected chi connectivity index (χ2v) is 13.2. The van der Waals surface area contributed by atoms with Crippen LogP contribution in [0, 0.1) is 5.92 Å². The van der Waals surface area contributed by atoms with Crippen molar-refractivity contribution < 1.29 is 9.53 Å². The Bertz CT molecular complexity index is 502. The van der Waals surface area contributed by atoms with Gasteiger partial charge in [0.1, 0.15) is 0 Å². The van der Waals surface area contributed by atoms with Crippen LogP contribution in [0.4, 0.5) is 0 Å². The fraction of sp³-hybridized carbons (Fsp3) is 0.619. The van der Waals surface area contributed by atoms with Gasteiger partial charge in [0, 0.05) is 12.5 Å². The molecule has 0 saturated heterocycles. The van der Waals surface area contributed by atoms with E-state index >= 15 is 0 Å². The van der Waals surface area contributed by atoms with Crippen molar-refractivity contribution in [2.45, 2.75) is 64.6 Å². The summed E-state index contributed by atoms with van der Waals surface area (Å²) in [7, 11) is -1.67. The molecule has 0 aliphatic rings. The summed E-state index contributed by atoms with van der Waals surface area (Å²) in [6.45, 7) is 18.7. The molecular formula is C21H36O2Si. The molecule has 136 valence electrons. The zero-order valence-electron chi connectivity index (χ0n) is 16.4. The summed E-state index contributed by atoms with van der Waals surface area (Å²) in [5.41, 5.74) is 2.39. The van der Waals surface area contributed by atoms with Crippen LogP contribution in [0.3, 0.4) is 0 Å². The minimum atomic E-state index is -1.67. The van der Waals surface area contributed by atoms with Crippen molar-refractivity contribution >= 4 is 8.32 Å². The number of aliphatic hydroxyl groups excluding tert-OH is 1. The minimum Gasteiger partial charge on any atom is -0.417 e. The van der Waals surface area contributed by atoms with Crippen molar-refractivity contribution in [1.82, 2.24) is 0 Å². The van der Waals surface area contributed by atoms with Gasteiger partial charge in [-0.05, 0) is 42.5 Å². The Morgan fingerprint density at radius 1 is 1.21 bits per heavy atom. The Morgan fingerprint density at radius 2 is 1.79 bits per heavy atom. The van der Waals surface area contributed by atoms with Crippen LogP contribution >= 0.6 is 0 Å². The zero-order chi connectivity index (χ0) is 18.4. The molecule has 0 aliphatic heterocycles. The lowest BCUT2D eigenvalue weighted by Crippen LogP contribution is -2.41. The van der Waals surface area contributed by atoms with Crippen LogP contribution in [0.15, 0.2) is 42.5 Å². The van der Waals surface area contributed by atoms with E-state index in [1.165, 1.54) is 5.56 Å². The number of benzene rings is 1. The molecule has 0 heterocycles. The maximum atomic E-state index is 9.84. The van der Waals surface area contributed by atoms with Crippen LogP contribution in [0.25, 0.3) is 0 Å². The van der Waals surface area contributed by atoms with Crippen molar-refractivity contribution in [3.8, 4) is 0 Å². The monoisotopic (exact) mass is 348 g/mol. The molecule has 0 fully saturated rings. The van der Waals surface area contributed by atoms with Gasteiger partial charge in [-0.2, -0.15) is 0 Å². The van der Waals surface area contributed by atoms with Gasteiger partial charge < -0.3 is 9.53 Å². The summed E-state index contributed by atoms with van der Waals surface area (Å²) in [6.07, 6.45) is 1.89. The molecule has 24 heavy (non-hydrogen) atoms. The lowest BCUT2D eigenvalue weighted by atomic mass is 9.82. The summed E-state index contributed by atoms with van der Waals surface area (Å²) >= 11 is 0. The molecule has 0 unspecified atom stereocenters. The predicted octanol–water partition coefficient (Wildman–Crippen LogP) is 5.76. The van der Waals surface area contributed by atoms with Crippen molar-refractivity contribution in [3.63, 3.8) is 0 Å². The van der Waals surface area contributed by atoms with Crippen molar-refractivity contribution in [1.29, 1.82) is 0 Å². The quantitative estimate of drug-likeness (QED) is 0.349. The molecule has 0 saturated carbocycles. The molecule has 0 spiro atoms. The van der Waals surface area contributed by atoms with Crippen LogP contribution < -0.4 is 0 Å². The molecule has 0 radical (unpaired) electrons. The fourth-order valence-electron chi connectivity index (χ4n) is 2.66. The molecule has 3 heteroatoms. The minimum absolute atomic E-state index is 0.111. The van der Waals surface area contributed by atoms with Gasteiger partial charge in [-0.15, -0.1) is 0 Å². The normalized spacial score (nSPS) is 15.1. The maximum Gasteiger partial charge on any atom is 0.191 e. The van der Waals surface area contributed by atoms with E-state index in [1.54, 1.807) is 0 Å². The molecule has 0 amide bonds. The topological polar surface area (TPSA) is 29.5 Å². The van der Waals surface area contributed by atoms with Crippen LogP contribution in [-0.4, -0.2) is 26.6 Å². The average Bonchev–Trinajstić information content (AvgIpc) is 2.52. The number of rotatable bonds is 9. The smallest absolute Gasteiger partial charge is 0.191 e. The van der Waals surface area contributed by atoms with E-state index in [2.05, 4.69) is 71.6 Å². The molecule has 0 bridgehead atoms. The molecule has 0 aromatic heterocycles. The Balaban J connectivity index is 2.51. The van der Waals surface area contributed by atoms with Crippen LogP contribution in [0.5, 0.6) is 0 Å². The molecule has 1 N–H and O–H groups in total. The van der Waals surface area contributed by atoms with Gasteiger partial charge in [-0.1, -0.05) is 70.2 Å². The molecule has 1 aromatic carbocycles. The summed E-state index contributed by atoms with van der Waals surface area (Å²) in [5.74, 6) is 0.394. The highest BCUT2D eigenvalue weighted by molar-refractivity contribution is 6.74. The van der Waals surface area contributed by atoms with E-state index in [4.69, 9.17) is 4.43 Å². The standard InChI is InChI=1S/C21H36O2Si/c1-17(12-11-15-23-24(6,7)21(3,4)5)20(16-22)18(2)19-13-9-8-10-14-19/h8-10,13-14,18,20,22H,1,11-12,15-16H2,2-7H3/t18-,20-/m1/s1. The van der Waals surface area contributed by atoms with E-state index in [9.17, 15) is 5.11 Å². The first-order valence-corrected chi connectivity index (χ1v) is 12.0. The molecule has 1 rings (SSSR count). The van der Waals surface area contributed by atoms with Gasteiger partial charge in [0.25, 0.3) is 0 Å². The molecule has 2 atom stereocenters. The first kappa shape index (κ1) is 21.1. The van der Waals surface area contributed by atoms with Gasteiger partial charge in [-0.3, -0.25) is 0 Å². The summed E-state index contributed by atoms with van der Waals surface area (Å²) in [4.78, 5) is 0. The summed E-state index contributed by atoms with van der Waals surface area (Å²) in [6, 6.07) is 10.4. The highest BCUT2D eigenvalue weighted by atomic mass is 28.4. The van der Waals surface area contributed by atoms with Crippen molar-refractivity contribution in [3.05, 3.63) is 48.0 Å². The van der Waals surface area contributed by atoms with Crippen molar-refractivity contribution in [2.75, 3.05) is 13.2 Å². The van der Waals surface area contributed by atoms with E-state index < -0.39 is 8.32 Å². The predicted molar refractivity (Wildman–Crippen MR) is 107 cm³/mol. The third-order valence-corrected chi connectivity index (χ3v) is 10.1. The number of aliphatic hydroxyl groups is 1. The second kappa shape index (κ2) is 8.98. The first-order chi connectivity index (χ1) is 11.1. The van der Waals surface area contributed by atoms with Crippen molar-refractivity contribution in [2.24, 2.45) is 5.92 Å². The van der Waals surface area contributed by atoms with Crippen LogP contribution in [0.1, 0.15) is 52.0 Å². The molecule has 0 aliphatic carbocycles. The molecule has 2 nitrogen and oxygen atoms in total. The highest BCUT2D eigenvalue weighted by Crippen LogP contribution is 2.37. The number of hydrogen-bond acceptors (Lipinski definition) is 2. The Labute approximate surface area is 150 Å². The second-order valence-electron chi connectivity index (χ2n) is 8.36. The fourth-order valence-corrected chi connectivity index (χ4v) is 3.75. The van der Waals surface area contributed by atoms with Crippen LogP contribution in [-0.2, 0) is 4.43 Å². The molecular weight excluding hydrogens is 312 g/mol. The van der Waals surface area contributed by atoms with Crippen LogP contribution in [0.2, 0.25) is 18.1 Å². The maximum absolute atomic E-state index is 9.84. The van der Waals surface area contributed by atoms with E-state index in [-0.39, 0.29) is 23.5 Å². The number of hydrogen-bond donors (Lipinski definition) is 1. The largest absolute Gasteiger partial charge is 0.417 e. The Hall–Kier alpha value is -0.903. The van der Waals surface area contributed by atoms with Gasteiger partial charge in [-0.25, -0.2) is 0 Å². The molecule has 1 aromatic rings. The van der Waals surface area contributed by atoms with E-state index in [0.29, 0.717) is 0 Å². The third-order valence-electron chi connectivity index (χ3n) is 5.56. The van der Waals surface area contributed by atoms with E-state index in [0.717, 1.165) is 25.0 Å². The lowest BCUT2D eigenvalue weighted by Gasteiger charge is -2.36. The lowest BCUT2D eigenvalue weighted by molar-refractivity contribution is 0.224. The van der Waals surface area contributed by atoms with Gasteiger partial charge in [0.15, 0.2) is 8.32 Å². The zero-order valence-corrected chi connectivity index (χ0v) is 17.4. The van der Waals surface area contributed by atoms with Gasteiger partial charge in [0.05, 0.1) is 6.61 Å². The van der Waals surface area contributed by atoms with Gasteiger partial charge in [0.2, 0.25) is 0 Å². The Morgan fingerprint density at radius 3 is 2.29 bits per heavy atom. The van der Waals surface area contributed by atoms with Gasteiger partial charge >= 0.3 is 0 Å². The first-order valence-electron chi connectivity index (χ1n) is 9.07. The third kappa shape index (κ3) is 5.87. The summed E-state index contributed by atoms with van der Waals surface area (Å²) in [5, 5.41) is 10.1. The summed E-state index contributed by atoms with van der Waals surface area (Å²) < 4.78 is 6.24. The highest BCUT2D eigenvalue weighted by Gasteiger charge is 2.36.